The molecule has 0 aromatic heterocycles. The molecule has 2 aromatic rings. The molecule has 6 nitrogen and oxygen atoms in total. The molecule has 124 valence electrons. The van der Waals surface area contributed by atoms with Crippen LogP contribution < -0.4 is 0 Å². The number of esters is 1. The van der Waals surface area contributed by atoms with Crippen LogP contribution in [0.2, 0.25) is 0 Å². The maximum absolute atomic E-state index is 12.0. The molecule has 0 radical (unpaired) electrons. The van der Waals surface area contributed by atoms with Crippen molar-refractivity contribution in [1.82, 2.24) is 0 Å². The van der Waals surface area contributed by atoms with Gasteiger partial charge in [0.05, 0.1) is 17.7 Å². The highest BCUT2D eigenvalue weighted by molar-refractivity contribution is 5.91. The van der Waals surface area contributed by atoms with E-state index in [0.717, 1.165) is 0 Å². The number of carboxylic acids is 1. The van der Waals surface area contributed by atoms with E-state index in [9.17, 15) is 24.9 Å². The molecule has 0 aliphatic heterocycles. The molecule has 3 rings (SSSR count). The van der Waals surface area contributed by atoms with Gasteiger partial charge in [-0.1, -0.05) is 0 Å². The topological polar surface area (TPSA) is 104 Å². The van der Waals surface area contributed by atoms with Crippen LogP contribution in [0.1, 0.15) is 31.8 Å². The van der Waals surface area contributed by atoms with Crippen molar-refractivity contribution in [3.8, 4) is 11.5 Å². The Bertz CT molecular complexity index is 794. The first kappa shape index (κ1) is 15.9. The number of rotatable bonds is 4. The van der Waals surface area contributed by atoms with Gasteiger partial charge in [-0.15, -0.1) is 0 Å². The Kier molecular flexibility index (Phi) is 4.12. The maximum Gasteiger partial charge on any atom is 0.338 e. The van der Waals surface area contributed by atoms with Crippen molar-refractivity contribution in [1.29, 1.82) is 0 Å². The van der Waals surface area contributed by atoms with Crippen LogP contribution in [0, 0.1) is 5.92 Å². The van der Waals surface area contributed by atoms with Gasteiger partial charge in [0.1, 0.15) is 11.5 Å². The molecule has 24 heavy (non-hydrogen) atoms. The lowest BCUT2D eigenvalue weighted by molar-refractivity contribution is 0.0443. The maximum atomic E-state index is 12.0. The van der Waals surface area contributed by atoms with E-state index < -0.39 is 11.9 Å². The lowest BCUT2D eigenvalue weighted by Crippen LogP contribution is -2.14. The molecule has 0 bridgehead atoms. The van der Waals surface area contributed by atoms with Gasteiger partial charge in [-0.05, 0) is 60.4 Å². The van der Waals surface area contributed by atoms with E-state index in [1.807, 2.05) is 0 Å². The largest absolute Gasteiger partial charge is 0.508 e. The third-order valence-corrected chi connectivity index (χ3v) is 4.18. The number of carboxylic acid groups (broad SMARTS) is 1. The lowest BCUT2D eigenvalue weighted by Gasteiger charge is -2.10. The van der Waals surface area contributed by atoms with Gasteiger partial charge in [-0.3, -0.25) is 0 Å². The van der Waals surface area contributed by atoms with E-state index >= 15 is 0 Å². The van der Waals surface area contributed by atoms with Gasteiger partial charge in [0.25, 0.3) is 0 Å². The number of carbonyl (C=O) groups excluding carboxylic acids is 1. The Morgan fingerprint density at radius 1 is 1.00 bits per heavy atom. The van der Waals surface area contributed by atoms with Crippen molar-refractivity contribution >= 4 is 11.9 Å². The zero-order valence-electron chi connectivity index (χ0n) is 12.7. The first-order valence-corrected chi connectivity index (χ1v) is 7.49. The van der Waals surface area contributed by atoms with Crippen LogP contribution >= 0.6 is 0 Å². The van der Waals surface area contributed by atoms with Crippen molar-refractivity contribution in [2.45, 2.75) is 12.8 Å². The number of phenols is 2. The van der Waals surface area contributed by atoms with Crippen molar-refractivity contribution in [2.75, 3.05) is 6.61 Å². The Morgan fingerprint density at radius 3 is 2.33 bits per heavy atom. The lowest BCUT2D eigenvalue weighted by atomic mass is 10.0. The van der Waals surface area contributed by atoms with Crippen LogP contribution in [0.15, 0.2) is 36.4 Å². The summed E-state index contributed by atoms with van der Waals surface area (Å²) in [5, 5.41) is 28.4. The fourth-order valence-corrected chi connectivity index (χ4v) is 2.98. The molecule has 0 amide bonds. The zero-order valence-corrected chi connectivity index (χ0v) is 12.7. The molecule has 1 atom stereocenters. The van der Waals surface area contributed by atoms with Gasteiger partial charge >= 0.3 is 11.9 Å². The van der Waals surface area contributed by atoms with Crippen LogP contribution in [0.5, 0.6) is 11.5 Å². The van der Waals surface area contributed by atoms with Crippen molar-refractivity contribution in [3.05, 3.63) is 58.7 Å². The molecule has 0 heterocycles. The van der Waals surface area contributed by atoms with Gasteiger partial charge in [-0.2, -0.15) is 0 Å². The molecule has 0 saturated heterocycles. The fourth-order valence-electron chi connectivity index (χ4n) is 2.98. The summed E-state index contributed by atoms with van der Waals surface area (Å²) in [5.74, 6) is -1.48. The standard InChI is InChI=1S/C18H16O6/c19-12-3-1-11(2-4-12)18(23)24-9-10-7-14-13(17(21)22)5-6-16(20)15(14)8-10/h1-6,10,19-20H,7-9H2,(H,21,22). The molecule has 1 aliphatic rings. The SMILES string of the molecule is O=C(OCC1Cc2c(O)ccc(C(=O)O)c2C1)c1ccc(O)cc1. The summed E-state index contributed by atoms with van der Waals surface area (Å²) in [6.45, 7) is 0.132. The van der Waals surface area contributed by atoms with E-state index in [0.29, 0.717) is 29.5 Å². The van der Waals surface area contributed by atoms with Gasteiger partial charge in [-0.25, -0.2) is 9.59 Å². The van der Waals surface area contributed by atoms with Gasteiger partial charge in [0, 0.05) is 5.92 Å². The van der Waals surface area contributed by atoms with Crippen LogP contribution in [-0.4, -0.2) is 33.9 Å². The number of aromatic hydroxyl groups is 2. The number of benzene rings is 2. The van der Waals surface area contributed by atoms with Crippen LogP contribution in [-0.2, 0) is 17.6 Å². The van der Waals surface area contributed by atoms with E-state index in [1.165, 1.54) is 36.4 Å². The fraction of sp³-hybridized carbons (Fsp3) is 0.222. The highest BCUT2D eigenvalue weighted by Gasteiger charge is 2.29. The van der Waals surface area contributed by atoms with Gasteiger partial charge in [0.15, 0.2) is 0 Å². The molecule has 1 aliphatic carbocycles. The summed E-state index contributed by atoms with van der Waals surface area (Å²) in [4.78, 5) is 23.3. The molecule has 3 N–H and O–H groups in total. The van der Waals surface area contributed by atoms with Crippen molar-refractivity contribution in [2.24, 2.45) is 5.92 Å². The number of phenolic OH excluding ortho intramolecular Hbond substituents is 2. The predicted molar refractivity (Wildman–Crippen MR) is 84.4 cm³/mol. The number of carbonyl (C=O) groups is 2. The zero-order chi connectivity index (χ0) is 17.3. The molecular formula is C18H16O6. The van der Waals surface area contributed by atoms with Crippen molar-refractivity contribution < 1.29 is 29.6 Å². The van der Waals surface area contributed by atoms with E-state index in [2.05, 4.69) is 0 Å². The Hall–Kier alpha value is -3.02. The summed E-state index contributed by atoms with van der Waals surface area (Å²) in [7, 11) is 0. The summed E-state index contributed by atoms with van der Waals surface area (Å²) < 4.78 is 5.27. The molecule has 0 spiro atoms. The van der Waals surface area contributed by atoms with E-state index in [-0.39, 0.29) is 29.6 Å². The monoisotopic (exact) mass is 328 g/mol. The molecule has 6 heteroatoms. The average molecular weight is 328 g/mol. The van der Waals surface area contributed by atoms with E-state index in [1.54, 1.807) is 0 Å². The highest BCUT2D eigenvalue weighted by atomic mass is 16.5. The predicted octanol–water partition coefficient (Wildman–Crippen LogP) is 2.37. The Morgan fingerprint density at radius 2 is 1.67 bits per heavy atom. The molecular weight excluding hydrogens is 312 g/mol. The van der Waals surface area contributed by atoms with Crippen LogP contribution in [0.4, 0.5) is 0 Å². The first-order chi connectivity index (χ1) is 11.5. The van der Waals surface area contributed by atoms with Crippen molar-refractivity contribution in [3.63, 3.8) is 0 Å². The summed E-state index contributed by atoms with van der Waals surface area (Å²) in [6.07, 6.45) is 0.902. The molecule has 0 saturated carbocycles. The van der Waals surface area contributed by atoms with Gasteiger partial charge < -0.3 is 20.1 Å². The number of ether oxygens (including phenoxy) is 1. The third-order valence-electron chi connectivity index (χ3n) is 4.18. The minimum Gasteiger partial charge on any atom is -0.508 e. The van der Waals surface area contributed by atoms with E-state index in [4.69, 9.17) is 4.74 Å². The first-order valence-electron chi connectivity index (χ1n) is 7.49. The summed E-state index contributed by atoms with van der Waals surface area (Å²) in [6, 6.07) is 8.51. The van der Waals surface area contributed by atoms with Gasteiger partial charge in [0.2, 0.25) is 0 Å². The number of fused-ring (bicyclic) bond motifs is 1. The molecule has 0 fully saturated rings. The third kappa shape index (κ3) is 3.03. The average Bonchev–Trinajstić information content (AvgIpc) is 2.98. The Labute approximate surface area is 137 Å². The minimum absolute atomic E-state index is 0.0643. The number of aromatic carboxylic acids is 1. The number of hydrogen-bond acceptors (Lipinski definition) is 5. The summed E-state index contributed by atoms with van der Waals surface area (Å²) in [5.41, 5.74) is 1.72. The second kappa shape index (κ2) is 6.23. The summed E-state index contributed by atoms with van der Waals surface area (Å²) >= 11 is 0. The molecule has 2 aromatic carbocycles. The minimum atomic E-state index is -1.03. The second-order valence-corrected chi connectivity index (χ2v) is 5.81. The van der Waals surface area contributed by atoms with Crippen LogP contribution in [0.25, 0.3) is 0 Å². The smallest absolute Gasteiger partial charge is 0.338 e. The van der Waals surface area contributed by atoms with Crippen LogP contribution in [0.3, 0.4) is 0 Å². The number of hydrogen-bond donors (Lipinski definition) is 3. The Balaban J connectivity index is 1.67. The second-order valence-electron chi connectivity index (χ2n) is 5.81. The highest BCUT2D eigenvalue weighted by Crippen LogP contribution is 2.35. The normalized spacial score (nSPS) is 15.8. The quantitative estimate of drug-likeness (QED) is 0.744. The molecule has 1 unspecified atom stereocenters.